The Labute approximate surface area is 158 Å². The van der Waals surface area contributed by atoms with Gasteiger partial charge in [0.25, 0.3) is 0 Å². The zero-order chi connectivity index (χ0) is 19.3. The number of hydrogen-bond acceptors (Lipinski definition) is 2. The van der Waals surface area contributed by atoms with E-state index in [1.54, 1.807) is 12.2 Å². The first-order valence-corrected chi connectivity index (χ1v) is 9.01. The first-order chi connectivity index (χ1) is 12.5. The molecule has 2 heteroatoms. The molecule has 138 valence electrons. The number of aliphatic hydroxyl groups excluding tert-OH is 1. The minimum atomic E-state index is 0.119. The van der Waals surface area contributed by atoms with Gasteiger partial charge in [0, 0.05) is 6.42 Å². The van der Waals surface area contributed by atoms with Gasteiger partial charge in [0.2, 0.25) is 0 Å². The number of allylic oxidation sites excluding steroid dienone is 15. The quantitative estimate of drug-likeness (QED) is 0.401. The van der Waals surface area contributed by atoms with Crippen molar-refractivity contribution in [3.63, 3.8) is 0 Å². The fraction of sp³-hybridized carbons (Fsp3) is 0.292. The molecule has 0 aromatic rings. The van der Waals surface area contributed by atoms with Crippen molar-refractivity contribution in [1.29, 1.82) is 0 Å². The fourth-order valence-corrected chi connectivity index (χ4v) is 2.83. The van der Waals surface area contributed by atoms with E-state index in [2.05, 4.69) is 19.9 Å². The molecule has 2 nitrogen and oxygen atoms in total. The summed E-state index contributed by atoms with van der Waals surface area (Å²) in [6, 6.07) is 0. The molecule has 0 spiro atoms. The van der Waals surface area contributed by atoms with Gasteiger partial charge < -0.3 is 5.11 Å². The molecule has 0 aromatic carbocycles. The molecule has 1 aliphatic carbocycles. The van der Waals surface area contributed by atoms with Crippen molar-refractivity contribution in [2.24, 2.45) is 5.41 Å². The molecule has 0 fully saturated rings. The average molecular weight is 351 g/mol. The van der Waals surface area contributed by atoms with Gasteiger partial charge in [0.1, 0.15) is 0 Å². The average Bonchev–Trinajstić information content (AvgIpc) is 2.61. The number of carbonyl (C=O) groups is 1. The molecule has 0 bridgehead atoms. The molecule has 0 amide bonds. The summed E-state index contributed by atoms with van der Waals surface area (Å²) < 4.78 is 0. The molecule has 0 saturated heterocycles. The van der Waals surface area contributed by atoms with Gasteiger partial charge in [-0.15, -0.1) is 0 Å². The molecule has 1 rings (SSSR count). The first kappa shape index (κ1) is 21.4. The summed E-state index contributed by atoms with van der Waals surface area (Å²) in [6.45, 7) is 6.42. The number of carbonyl (C=O) groups excluding carboxylic acids is 1. The van der Waals surface area contributed by atoms with Crippen molar-refractivity contribution < 1.29 is 9.90 Å². The van der Waals surface area contributed by atoms with E-state index in [1.165, 1.54) is 5.57 Å². The van der Waals surface area contributed by atoms with E-state index >= 15 is 0 Å². The third-order valence-corrected chi connectivity index (χ3v) is 4.43. The van der Waals surface area contributed by atoms with Gasteiger partial charge in [-0.05, 0) is 36.8 Å². The maximum atomic E-state index is 11.9. The van der Waals surface area contributed by atoms with Gasteiger partial charge in [0.05, 0.1) is 6.26 Å². The molecule has 0 unspecified atom stereocenters. The molecule has 0 heterocycles. The predicted molar refractivity (Wildman–Crippen MR) is 112 cm³/mol. The highest BCUT2D eigenvalue weighted by molar-refractivity contribution is 5.96. The topological polar surface area (TPSA) is 37.3 Å². The summed E-state index contributed by atoms with van der Waals surface area (Å²) >= 11 is 0. The summed E-state index contributed by atoms with van der Waals surface area (Å²) in [5.41, 5.74) is 2.34. The summed E-state index contributed by atoms with van der Waals surface area (Å²) in [7, 11) is 0. The van der Waals surface area contributed by atoms with Crippen LogP contribution in [0.25, 0.3) is 0 Å². The summed E-state index contributed by atoms with van der Waals surface area (Å²) in [5, 5.41) is 8.45. The van der Waals surface area contributed by atoms with E-state index in [4.69, 9.17) is 5.11 Å². The van der Waals surface area contributed by atoms with Crippen molar-refractivity contribution in [2.75, 3.05) is 0 Å². The standard InChI is InChI=1S/C24H30O2/c1-21-22(24(2,3)19-18-23(21)26)17-15-13-11-9-7-5-4-6-8-10-12-14-16-20-25/h4-16,20,25H,17-19H2,1-3H3/b6-4+,7-5+,10-8+,11-9+,14-12+,15-13+,20-16+. The maximum absolute atomic E-state index is 11.9. The molecule has 26 heavy (non-hydrogen) atoms. The van der Waals surface area contributed by atoms with Crippen LogP contribution in [0.5, 0.6) is 0 Å². The lowest BCUT2D eigenvalue weighted by molar-refractivity contribution is -0.116. The molecule has 0 saturated carbocycles. The first-order valence-electron chi connectivity index (χ1n) is 9.01. The predicted octanol–water partition coefficient (Wildman–Crippen LogP) is 6.49. The molecule has 0 aromatic heterocycles. The highest BCUT2D eigenvalue weighted by Gasteiger charge is 2.31. The Morgan fingerprint density at radius 2 is 1.31 bits per heavy atom. The van der Waals surface area contributed by atoms with Gasteiger partial charge in [-0.1, -0.05) is 92.3 Å². The van der Waals surface area contributed by atoms with E-state index < -0.39 is 0 Å². The SMILES string of the molecule is CC1=C(C/C=C/C=C/C=C/C=C/C=C/C=C/C=C/O)C(C)(C)CCC1=O. The summed E-state index contributed by atoms with van der Waals surface area (Å²) in [5.74, 6) is 0.299. The minimum absolute atomic E-state index is 0.119. The largest absolute Gasteiger partial charge is 0.516 e. The van der Waals surface area contributed by atoms with Crippen LogP contribution < -0.4 is 0 Å². The van der Waals surface area contributed by atoms with Crippen molar-refractivity contribution >= 4 is 5.78 Å². The molecule has 1 aliphatic rings. The third kappa shape index (κ3) is 7.98. The van der Waals surface area contributed by atoms with Gasteiger partial charge in [0.15, 0.2) is 5.78 Å². The second-order valence-electron chi connectivity index (χ2n) is 6.81. The lowest BCUT2D eigenvalue weighted by atomic mass is 9.71. The van der Waals surface area contributed by atoms with Gasteiger partial charge in [-0.3, -0.25) is 4.79 Å². The molecule has 1 N–H and O–H groups in total. The summed E-state index contributed by atoms with van der Waals surface area (Å²) in [6.07, 6.45) is 28.3. The van der Waals surface area contributed by atoms with E-state index in [9.17, 15) is 4.79 Å². The van der Waals surface area contributed by atoms with Crippen molar-refractivity contribution in [1.82, 2.24) is 0 Å². The Kier molecular flexibility index (Phi) is 9.78. The smallest absolute Gasteiger partial charge is 0.158 e. The second kappa shape index (κ2) is 11.9. The number of ketones is 1. The molecular weight excluding hydrogens is 320 g/mol. The van der Waals surface area contributed by atoms with Crippen LogP contribution in [0.4, 0.5) is 0 Å². The molecule has 0 atom stereocenters. The van der Waals surface area contributed by atoms with Gasteiger partial charge in [-0.25, -0.2) is 0 Å². The Morgan fingerprint density at radius 3 is 1.81 bits per heavy atom. The third-order valence-electron chi connectivity index (χ3n) is 4.43. The van der Waals surface area contributed by atoms with E-state index in [0.717, 1.165) is 24.7 Å². The van der Waals surface area contributed by atoms with Gasteiger partial charge >= 0.3 is 0 Å². The highest BCUT2D eigenvalue weighted by Crippen LogP contribution is 2.40. The Hall–Kier alpha value is -2.61. The van der Waals surface area contributed by atoms with E-state index in [1.807, 2.05) is 67.7 Å². The highest BCUT2D eigenvalue weighted by atomic mass is 16.2. The summed E-state index contributed by atoms with van der Waals surface area (Å²) in [4.78, 5) is 11.9. The van der Waals surface area contributed by atoms with Crippen LogP contribution in [-0.4, -0.2) is 10.9 Å². The van der Waals surface area contributed by atoms with Crippen LogP contribution in [0.1, 0.15) is 40.0 Å². The molecule has 0 radical (unpaired) electrons. The van der Waals surface area contributed by atoms with Crippen LogP contribution in [0.2, 0.25) is 0 Å². The number of rotatable bonds is 8. The minimum Gasteiger partial charge on any atom is -0.516 e. The van der Waals surface area contributed by atoms with Gasteiger partial charge in [-0.2, -0.15) is 0 Å². The molecular formula is C24H30O2. The Bertz CT molecular complexity index is 690. The number of hydrogen-bond donors (Lipinski definition) is 1. The fourth-order valence-electron chi connectivity index (χ4n) is 2.83. The number of aliphatic hydroxyl groups is 1. The zero-order valence-electron chi connectivity index (χ0n) is 16.1. The van der Waals surface area contributed by atoms with Crippen molar-refractivity contribution in [3.05, 3.63) is 96.4 Å². The Morgan fingerprint density at radius 1 is 0.846 bits per heavy atom. The number of Topliss-reactive ketones (excluding diaryl/α,β-unsaturated/α-hetero) is 1. The van der Waals surface area contributed by atoms with Crippen LogP contribution in [0.3, 0.4) is 0 Å². The van der Waals surface area contributed by atoms with Crippen LogP contribution in [0, 0.1) is 5.41 Å². The van der Waals surface area contributed by atoms with E-state index in [-0.39, 0.29) is 5.41 Å². The van der Waals surface area contributed by atoms with Crippen molar-refractivity contribution in [2.45, 2.75) is 40.0 Å². The second-order valence-corrected chi connectivity index (χ2v) is 6.81. The van der Waals surface area contributed by atoms with Crippen LogP contribution >= 0.6 is 0 Å². The lowest BCUT2D eigenvalue weighted by Crippen LogP contribution is -2.25. The monoisotopic (exact) mass is 350 g/mol. The lowest BCUT2D eigenvalue weighted by Gasteiger charge is -2.33. The maximum Gasteiger partial charge on any atom is 0.158 e. The van der Waals surface area contributed by atoms with Crippen molar-refractivity contribution in [3.8, 4) is 0 Å². The molecule has 0 aliphatic heterocycles. The van der Waals surface area contributed by atoms with Crippen LogP contribution in [-0.2, 0) is 4.79 Å². The zero-order valence-corrected chi connectivity index (χ0v) is 16.1. The Balaban J connectivity index is 2.42. The van der Waals surface area contributed by atoms with Crippen LogP contribution in [0.15, 0.2) is 96.4 Å². The van der Waals surface area contributed by atoms with E-state index in [0.29, 0.717) is 12.2 Å². The normalized spacial score (nSPS) is 19.3.